The third-order valence-corrected chi connectivity index (χ3v) is 4.50. The molecule has 2 unspecified atom stereocenters. The number of carbonyl (C=O) groups excluding carboxylic acids is 1. The Hall–Kier alpha value is -1.88. The molecule has 0 saturated heterocycles. The summed E-state index contributed by atoms with van der Waals surface area (Å²) in [6, 6.07) is 3.99. The molecule has 1 aliphatic rings. The van der Waals surface area contributed by atoms with Crippen LogP contribution in [-0.2, 0) is 11.3 Å². The predicted molar refractivity (Wildman–Crippen MR) is 81.6 cm³/mol. The van der Waals surface area contributed by atoms with Gasteiger partial charge in [-0.1, -0.05) is 12.8 Å². The molecule has 2 heterocycles. The molecule has 3 N–H and O–H groups in total. The lowest BCUT2D eigenvalue weighted by atomic mass is 9.74. The molecule has 21 heavy (non-hydrogen) atoms. The smallest absolute Gasteiger partial charge is 0.225 e. The summed E-state index contributed by atoms with van der Waals surface area (Å²) >= 11 is 0. The molecule has 1 fully saturated rings. The van der Waals surface area contributed by atoms with Crippen molar-refractivity contribution in [2.24, 2.45) is 11.7 Å². The lowest BCUT2D eigenvalue weighted by molar-refractivity contribution is -0.128. The van der Waals surface area contributed by atoms with E-state index in [1.54, 1.807) is 6.20 Å². The molecular formula is C16H22N4O. The fraction of sp³-hybridized carbons (Fsp3) is 0.500. The van der Waals surface area contributed by atoms with Gasteiger partial charge in [0.25, 0.3) is 0 Å². The molecule has 2 aromatic heterocycles. The van der Waals surface area contributed by atoms with E-state index >= 15 is 0 Å². The van der Waals surface area contributed by atoms with Crippen molar-refractivity contribution in [2.45, 2.75) is 44.7 Å². The Balaban J connectivity index is 1.65. The van der Waals surface area contributed by atoms with Gasteiger partial charge < -0.3 is 15.5 Å². The van der Waals surface area contributed by atoms with Crippen LogP contribution < -0.4 is 11.1 Å². The number of fused-ring (bicyclic) bond motifs is 1. The summed E-state index contributed by atoms with van der Waals surface area (Å²) in [4.78, 5) is 16.6. The Bertz CT molecular complexity index is 647. The maximum Gasteiger partial charge on any atom is 0.225 e. The van der Waals surface area contributed by atoms with Gasteiger partial charge in [0.2, 0.25) is 5.91 Å². The van der Waals surface area contributed by atoms with Gasteiger partial charge in [0.15, 0.2) is 0 Å². The largest absolute Gasteiger partial charge is 0.352 e. The van der Waals surface area contributed by atoms with Gasteiger partial charge >= 0.3 is 0 Å². The number of nitrogens with two attached hydrogens (primary N) is 1. The second-order valence-corrected chi connectivity index (χ2v) is 6.25. The van der Waals surface area contributed by atoms with Crippen molar-refractivity contribution in [3.8, 4) is 0 Å². The fourth-order valence-electron chi connectivity index (χ4n) is 3.16. The van der Waals surface area contributed by atoms with Crippen LogP contribution in [0.3, 0.4) is 0 Å². The van der Waals surface area contributed by atoms with Crippen LogP contribution in [0.1, 0.15) is 38.2 Å². The second kappa shape index (κ2) is 5.48. The molecular weight excluding hydrogens is 264 g/mol. The molecule has 1 amide bonds. The average molecular weight is 286 g/mol. The Morgan fingerprint density at radius 1 is 1.52 bits per heavy atom. The van der Waals surface area contributed by atoms with E-state index in [4.69, 9.17) is 5.73 Å². The first-order valence-electron chi connectivity index (χ1n) is 7.54. The van der Waals surface area contributed by atoms with Crippen LogP contribution in [0.4, 0.5) is 0 Å². The summed E-state index contributed by atoms with van der Waals surface area (Å²) in [6.45, 7) is 2.52. The van der Waals surface area contributed by atoms with Crippen molar-refractivity contribution in [1.82, 2.24) is 14.7 Å². The summed E-state index contributed by atoms with van der Waals surface area (Å²) in [7, 11) is 0. The Kier molecular flexibility index (Phi) is 3.68. The first-order valence-corrected chi connectivity index (χ1v) is 7.54. The molecule has 0 aromatic carbocycles. The molecule has 5 nitrogen and oxygen atoms in total. The normalized spacial score (nSPS) is 25.9. The zero-order valence-electron chi connectivity index (χ0n) is 12.4. The molecule has 1 saturated carbocycles. The van der Waals surface area contributed by atoms with Crippen LogP contribution in [0, 0.1) is 5.92 Å². The quantitative estimate of drug-likeness (QED) is 0.904. The number of hydrogen-bond donors (Lipinski definition) is 2. The summed E-state index contributed by atoms with van der Waals surface area (Å²) < 4.78 is 1.95. The summed E-state index contributed by atoms with van der Waals surface area (Å²) in [6.07, 6.45) is 9.64. The van der Waals surface area contributed by atoms with Crippen LogP contribution >= 0.6 is 0 Å². The molecule has 2 aromatic rings. The minimum atomic E-state index is -0.380. The highest BCUT2D eigenvalue weighted by molar-refractivity contribution is 5.80. The highest BCUT2D eigenvalue weighted by Gasteiger charge is 2.37. The Morgan fingerprint density at radius 3 is 3.19 bits per heavy atom. The lowest BCUT2D eigenvalue weighted by Crippen LogP contribution is -2.52. The second-order valence-electron chi connectivity index (χ2n) is 6.25. The van der Waals surface area contributed by atoms with E-state index in [9.17, 15) is 4.79 Å². The van der Waals surface area contributed by atoms with Gasteiger partial charge in [-0.05, 0) is 37.5 Å². The molecule has 0 bridgehead atoms. The molecule has 0 spiro atoms. The van der Waals surface area contributed by atoms with Crippen molar-refractivity contribution < 1.29 is 4.79 Å². The minimum Gasteiger partial charge on any atom is -0.352 e. The summed E-state index contributed by atoms with van der Waals surface area (Å²) in [5, 5.41) is 3.03. The fourth-order valence-corrected chi connectivity index (χ4v) is 3.16. The van der Waals surface area contributed by atoms with Gasteiger partial charge in [0.1, 0.15) is 5.65 Å². The van der Waals surface area contributed by atoms with Crippen molar-refractivity contribution in [1.29, 1.82) is 0 Å². The average Bonchev–Trinajstić information content (AvgIpc) is 2.91. The Labute approximate surface area is 124 Å². The SMILES string of the molecule is CC1(N)CCCCC1C(=O)NCc1ccn2ccnc2c1. The van der Waals surface area contributed by atoms with Crippen LogP contribution in [-0.4, -0.2) is 20.8 Å². The lowest BCUT2D eigenvalue weighted by Gasteiger charge is -2.37. The number of pyridine rings is 1. The molecule has 112 valence electrons. The van der Waals surface area contributed by atoms with Gasteiger partial charge in [-0.15, -0.1) is 0 Å². The van der Waals surface area contributed by atoms with Crippen molar-refractivity contribution in [2.75, 3.05) is 0 Å². The van der Waals surface area contributed by atoms with Gasteiger partial charge in [-0.2, -0.15) is 0 Å². The summed E-state index contributed by atoms with van der Waals surface area (Å²) in [5.41, 5.74) is 7.84. The first kappa shape index (κ1) is 14.1. The number of carbonyl (C=O) groups is 1. The Morgan fingerprint density at radius 2 is 2.38 bits per heavy atom. The summed E-state index contributed by atoms with van der Waals surface area (Å²) in [5.74, 6) is -0.00989. The van der Waals surface area contributed by atoms with Crippen LogP contribution in [0.2, 0.25) is 0 Å². The van der Waals surface area contributed by atoms with Crippen molar-refractivity contribution in [3.63, 3.8) is 0 Å². The van der Waals surface area contributed by atoms with E-state index in [1.165, 1.54) is 0 Å². The number of amides is 1. The third-order valence-electron chi connectivity index (χ3n) is 4.50. The van der Waals surface area contributed by atoms with E-state index in [-0.39, 0.29) is 17.4 Å². The highest BCUT2D eigenvalue weighted by Crippen LogP contribution is 2.31. The van der Waals surface area contributed by atoms with E-state index < -0.39 is 0 Å². The third kappa shape index (κ3) is 2.93. The van der Waals surface area contributed by atoms with Gasteiger partial charge in [0, 0.05) is 30.7 Å². The van der Waals surface area contributed by atoms with Crippen LogP contribution in [0.5, 0.6) is 0 Å². The van der Waals surface area contributed by atoms with Crippen molar-refractivity contribution >= 4 is 11.6 Å². The number of nitrogens with one attached hydrogen (secondary N) is 1. The topological polar surface area (TPSA) is 72.4 Å². The zero-order valence-corrected chi connectivity index (χ0v) is 12.4. The van der Waals surface area contributed by atoms with Gasteiger partial charge in [-0.25, -0.2) is 4.98 Å². The molecule has 3 rings (SSSR count). The van der Waals surface area contributed by atoms with E-state index in [0.717, 1.165) is 36.9 Å². The molecule has 2 atom stereocenters. The standard InChI is InChI=1S/C16H22N4O/c1-16(17)6-3-2-4-13(16)15(21)19-11-12-5-8-20-9-7-18-14(20)10-12/h5,7-10,13H,2-4,6,11,17H2,1H3,(H,19,21). The molecule has 1 aliphatic carbocycles. The molecule has 5 heteroatoms. The van der Waals surface area contributed by atoms with E-state index in [1.807, 2.05) is 35.9 Å². The maximum absolute atomic E-state index is 12.4. The van der Waals surface area contributed by atoms with E-state index in [0.29, 0.717) is 6.54 Å². The number of rotatable bonds is 3. The number of nitrogens with zero attached hydrogens (tertiary/aromatic N) is 2. The molecule has 0 aliphatic heterocycles. The predicted octanol–water partition coefficient (Wildman–Crippen LogP) is 1.86. The van der Waals surface area contributed by atoms with Crippen molar-refractivity contribution in [3.05, 3.63) is 36.3 Å². The monoisotopic (exact) mass is 286 g/mol. The van der Waals surface area contributed by atoms with Gasteiger partial charge in [-0.3, -0.25) is 4.79 Å². The highest BCUT2D eigenvalue weighted by atomic mass is 16.1. The van der Waals surface area contributed by atoms with E-state index in [2.05, 4.69) is 10.3 Å². The molecule has 0 radical (unpaired) electrons. The van der Waals surface area contributed by atoms with Gasteiger partial charge in [0.05, 0.1) is 5.92 Å². The minimum absolute atomic E-state index is 0.0721. The van der Waals surface area contributed by atoms with Crippen LogP contribution in [0.15, 0.2) is 30.7 Å². The maximum atomic E-state index is 12.4. The number of imidazole rings is 1. The van der Waals surface area contributed by atoms with Crippen LogP contribution in [0.25, 0.3) is 5.65 Å². The zero-order chi connectivity index (χ0) is 14.9. The number of hydrogen-bond acceptors (Lipinski definition) is 3. The first-order chi connectivity index (χ1) is 10.1. The number of aromatic nitrogens is 2.